The summed E-state index contributed by atoms with van der Waals surface area (Å²) in [6.07, 6.45) is 1.67. The molecule has 1 saturated heterocycles. The van der Waals surface area contributed by atoms with Crippen molar-refractivity contribution >= 4 is 0 Å². The van der Waals surface area contributed by atoms with Gasteiger partial charge in [-0.15, -0.1) is 0 Å². The van der Waals surface area contributed by atoms with Crippen LogP contribution in [0.2, 0.25) is 0 Å². The summed E-state index contributed by atoms with van der Waals surface area (Å²) in [6.45, 7) is 5.08. The molecule has 3 nitrogen and oxygen atoms in total. The van der Waals surface area contributed by atoms with Crippen LogP contribution in [0.3, 0.4) is 0 Å². The van der Waals surface area contributed by atoms with E-state index in [0.717, 1.165) is 38.0 Å². The molecule has 19 heavy (non-hydrogen) atoms. The number of likely N-dealkylation sites (tertiary alicyclic amines) is 1. The van der Waals surface area contributed by atoms with Crippen molar-refractivity contribution in [1.82, 2.24) is 4.90 Å². The molecule has 0 saturated carbocycles. The number of benzene rings is 1. The molecular weight excluding hydrogens is 236 g/mol. The lowest BCUT2D eigenvalue weighted by molar-refractivity contribution is -0.00731. The van der Waals surface area contributed by atoms with Gasteiger partial charge in [-0.25, -0.2) is 0 Å². The monoisotopic (exact) mass is 258 g/mol. The number of hydrogen-bond donors (Lipinski definition) is 2. The van der Waals surface area contributed by atoms with Gasteiger partial charge in [-0.3, -0.25) is 4.90 Å². The summed E-state index contributed by atoms with van der Waals surface area (Å²) >= 11 is 0. The van der Waals surface area contributed by atoms with Crippen LogP contribution >= 0.6 is 0 Å². The van der Waals surface area contributed by atoms with Crippen molar-refractivity contribution in [1.29, 1.82) is 0 Å². The van der Waals surface area contributed by atoms with E-state index in [1.807, 2.05) is 25.1 Å². The Labute approximate surface area is 115 Å². The summed E-state index contributed by atoms with van der Waals surface area (Å²) < 4.78 is 0. The van der Waals surface area contributed by atoms with Gasteiger partial charge in [-0.05, 0) is 31.4 Å². The number of nitrogens with zero attached hydrogens (tertiary/aromatic N) is 1. The molecule has 1 aliphatic heterocycles. The van der Waals surface area contributed by atoms with Gasteiger partial charge in [0.2, 0.25) is 0 Å². The van der Waals surface area contributed by atoms with E-state index in [2.05, 4.69) is 22.8 Å². The fourth-order valence-electron chi connectivity index (χ4n) is 2.36. The second-order valence-electron chi connectivity index (χ2n) is 5.44. The van der Waals surface area contributed by atoms with Crippen LogP contribution in [-0.2, 0) is 6.54 Å². The third-order valence-corrected chi connectivity index (χ3v) is 3.67. The highest BCUT2D eigenvalue weighted by Crippen LogP contribution is 2.23. The van der Waals surface area contributed by atoms with Gasteiger partial charge in [0.1, 0.15) is 0 Å². The first kappa shape index (κ1) is 14.1. The van der Waals surface area contributed by atoms with E-state index in [1.165, 1.54) is 5.56 Å². The van der Waals surface area contributed by atoms with Gasteiger partial charge in [-0.1, -0.05) is 30.0 Å². The summed E-state index contributed by atoms with van der Waals surface area (Å²) in [5.41, 5.74) is 7.24. The first-order valence-corrected chi connectivity index (χ1v) is 6.82. The van der Waals surface area contributed by atoms with Crippen molar-refractivity contribution in [3.05, 3.63) is 35.4 Å². The average molecular weight is 258 g/mol. The summed E-state index contributed by atoms with van der Waals surface area (Å²) in [5.74, 6) is 6.04. The molecule has 1 aliphatic rings. The second kappa shape index (κ2) is 6.21. The number of aliphatic hydroxyl groups is 1. The zero-order valence-corrected chi connectivity index (χ0v) is 11.5. The van der Waals surface area contributed by atoms with E-state index in [9.17, 15) is 5.11 Å². The van der Waals surface area contributed by atoms with Crippen molar-refractivity contribution in [2.24, 2.45) is 5.73 Å². The van der Waals surface area contributed by atoms with Crippen LogP contribution in [0.1, 0.15) is 30.9 Å². The summed E-state index contributed by atoms with van der Waals surface area (Å²) in [5, 5.41) is 9.97. The Morgan fingerprint density at radius 1 is 1.32 bits per heavy atom. The van der Waals surface area contributed by atoms with E-state index in [4.69, 9.17) is 5.73 Å². The molecule has 0 aliphatic carbocycles. The summed E-state index contributed by atoms with van der Waals surface area (Å²) in [6, 6.07) is 8.21. The van der Waals surface area contributed by atoms with E-state index in [1.54, 1.807) is 0 Å². The highest BCUT2D eigenvalue weighted by Gasteiger charge is 2.27. The zero-order valence-electron chi connectivity index (χ0n) is 11.5. The molecule has 0 amide bonds. The quantitative estimate of drug-likeness (QED) is 0.787. The molecule has 1 aromatic carbocycles. The molecule has 102 valence electrons. The SMILES string of the molecule is CC1(O)CCN(Cc2ccccc2C#CCN)CC1. The Balaban J connectivity index is 2.03. The zero-order chi connectivity index (χ0) is 13.7. The molecular formula is C16H22N2O. The van der Waals surface area contributed by atoms with Crippen LogP contribution in [0, 0.1) is 11.8 Å². The smallest absolute Gasteiger partial charge is 0.0644 e. The second-order valence-corrected chi connectivity index (χ2v) is 5.44. The third kappa shape index (κ3) is 4.07. The fraction of sp³-hybridized carbons (Fsp3) is 0.500. The Morgan fingerprint density at radius 2 is 2.00 bits per heavy atom. The van der Waals surface area contributed by atoms with Gasteiger partial charge in [0.15, 0.2) is 0 Å². The third-order valence-electron chi connectivity index (χ3n) is 3.67. The van der Waals surface area contributed by atoms with Crippen LogP contribution in [-0.4, -0.2) is 35.2 Å². The number of rotatable bonds is 2. The van der Waals surface area contributed by atoms with Crippen LogP contribution in [0.5, 0.6) is 0 Å². The minimum atomic E-state index is -0.491. The molecule has 0 bridgehead atoms. The van der Waals surface area contributed by atoms with Crippen molar-refractivity contribution < 1.29 is 5.11 Å². The first-order valence-electron chi connectivity index (χ1n) is 6.82. The molecule has 0 aromatic heterocycles. The molecule has 1 heterocycles. The largest absolute Gasteiger partial charge is 0.390 e. The van der Waals surface area contributed by atoms with Gasteiger partial charge < -0.3 is 10.8 Å². The van der Waals surface area contributed by atoms with Gasteiger partial charge in [0.05, 0.1) is 12.1 Å². The van der Waals surface area contributed by atoms with Gasteiger partial charge >= 0.3 is 0 Å². The predicted octanol–water partition coefficient (Wildman–Crippen LogP) is 1.34. The van der Waals surface area contributed by atoms with E-state index in [-0.39, 0.29) is 0 Å². The first-order chi connectivity index (χ1) is 9.11. The number of piperidine rings is 1. The summed E-state index contributed by atoms with van der Waals surface area (Å²) in [7, 11) is 0. The Kier molecular flexibility index (Phi) is 4.60. The molecule has 0 radical (unpaired) electrons. The predicted molar refractivity (Wildman–Crippen MR) is 77.5 cm³/mol. The summed E-state index contributed by atoms with van der Waals surface area (Å²) in [4.78, 5) is 2.38. The van der Waals surface area contributed by atoms with E-state index in [0.29, 0.717) is 6.54 Å². The molecule has 0 atom stereocenters. The topological polar surface area (TPSA) is 49.5 Å². The fourth-order valence-corrected chi connectivity index (χ4v) is 2.36. The van der Waals surface area contributed by atoms with Crippen LogP contribution in [0.25, 0.3) is 0 Å². The van der Waals surface area contributed by atoms with Gasteiger partial charge in [0.25, 0.3) is 0 Å². The standard InChI is InChI=1S/C16H22N2O/c1-16(19)8-11-18(12-9-16)13-15-6-3-2-5-14(15)7-4-10-17/h2-3,5-6,19H,8-13,17H2,1H3. The van der Waals surface area contributed by atoms with Crippen molar-refractivity contribution in [3.8, 4) is 11.8 Å². The van der Waals surface area contributed by atoms with Gasteiger partial charge in [0, 0.05) is 25.2 Å². The minimum absolute atomic E-state index is 0.390. The molecule has 1 aromatic rings. The Morgan fingerprint density at radius 3 is 2.68 bits per heavy atom. The molecule has 2 rings (SSSR count). The highest BCUT2D eigenvalue weighted by molar-refractivity contribution is 5.41. The maximum atomic E-state index is 9.97. The van der Waals surface area contributed by atoms with Crippen molar-refractivity contribution in [2.45, 2.75) is 31.9 Å². The van der Waals surface area contributed by atoms with Crippen molar-refractivity contribution in [2.75, 3.05) is 19.6 Å². The van der Waals surface area contributed by atoms with Crippen LogP contribution in [0.15, 0.2) is 24.3 Å². The molecule has 3 N–H and O–H groups in total. The number of nitrogens with two attached hydrogens (primary N) is 1. The van der Waals surface area contributed by atoms with E-state index >= 15 is 0 Å². The molecule has 0 unspecified atom stereocenters. The van der Waals surface area contributed by atoms with Crippen molar-refractivity contribution in [3.63, 3.8) is 0 Å². The Hall–Kier alpha value is -1.34. The van der Waals surface area contributed by atoms with Crippen LogP contribution < -0.4 is 5.73 Å². The molecule has 3 heteroatoms. The lowest BCUT2D eigenvalue weighted by Crippen LogP contribution is -2.42. The highest BCUT2D eigenvalue weighted by atomic mass is 16.3. The minimum Gasteiger partial charge on any atom is -0.390 e. The average Bonchev–Trinajstić information content (AvgIpc) is 2.40. The number of hydrogen-bond acceptors (Lipinski definition) is 3. The maximum absolute atomic E-state index is 9.97. The maximum Gasteiger partial charge on any atom is 0.0644 e. The lowest BCUT2D eigenvalue weighted by Gasteiger charge is -2.35. The van der Waals surface area contributed by atoms with Gasteiger partial charge in [-0.2, -0.15) is 0 Å². The molecule has 1 fully saturated rings. The van der Waals surface area contributed by atoms with E-state index < -0.39 is 5.60 Å². The molecule has 0 spiro atoms. The normalized spacial score (nSPS) is 18.7. The lowest BCUT2D eigenvalue weighted by atomic mass is 9.93. The van der Waals surface area contributed by atoms with Crippen LogP contribution in [0.4, 0.5) is 0 Å². The Bertz CT molecular complexity index is 475.